The second-order valence-corrected chi connectivity index (χ2v) is 3.06. The molecule has 0 fully saturated rings. The summed E-state index contributed by atoms with van der Waals surface area (Å²) < 4.78 is 4.67. The highest BCUT2D eigenvalue weighted by atomic mass is 16.5. The third-order valence-electron chi connectivity index (χ3n) is 2.09. The number of rotatable bonds is 4. The van der Waals surface area contributed by atoms with Crippen LogP contribution in [0.25, 0.3) is 0 Å². The molecule has 0 bridgehead atoms. The Balaban J connectivity index is 2.66. The van der Waals surface area contributed by atoms with Crippen molar-refractivity contribution in [2.24, 2.45) is 5.92 Å². The van der Waals surface area contributed by atoms with Crippen molar-refractivity contribution in [1.29, 1.82) is 0 Å². The Hall–Kier alpha value is -1.57. The first kappa shape index (κ1) is 10.5. The Morgan fingerprint density at radius 1 is 1.50 bits per heavy atom. The van der Waals surface area contributed by atoms with E-state index in [2.05, 4.69) is 11.3 Å². The quantitative estimate of drug-likeness (QED) is 0.537. The van der Waals surface area contributed by atoms with Crippen molar-refractivity contribution >= 4 is 5.97 Å². The molecule has 0 N–H and O–H groups in total. The van der Waals surface area contributed by atoms with Crippen LogP contribution in [-0.2, 0) is 16.0 Å². The summed E-state index contributed by atoms with van der Waals surface area (Å²) in [5.74, 6) is -0.480. The Kier molecular flexibility index (Phi) is 3.92. The van der Waals surface area contributed by atoms with Crippen LogP contribution in [0.15, 0.2) is 43.0 Å². The number of carbonyl (C=O) groups excluding carboxylic acids is 1. The Morgan fingerprint density at radius 3 is 2.64 bits per heavy atom. The molecule has 0 radical (unpaired) electrons. The second-order valence-electron chi connectivity index (χ2n) is 3.06. The van der Waals surface area contributed by atoms with Gasteiger partial charge in [0.05, 0.1) is 13.0 Å². The lowest BCUT2D eigenvalue weighted by Crippen LogP contribution is -2.16. The molecule has 2 heteroatoms. The number of benzene rings is 1. The molecule has 1 atom stereocenters. The molecule has 0 aliphatic carbocycles. The summed E-state index contributed by atoms with van der Waals surface area (Å²) in [5.41, 5.74) is 1.11. The van der Waals surface area contributed by atoms with Crippen molar-refractivity contribution in [2.75, 3.05) is 7.11 Å². The van der Waals surface area contributed by atoms with Crippen molar-refractivity contribution in [3.63, 3.8) is 0 Å². The Bertz CT molecular complexity index is 303. The van der Waals surface area contributed by atoms with Gasteiger partial charge in [0.15, 0.2) is 0 Å². The van der Waals surface area contributed by atoms with E-state index >= 15 is 0 Å². The van der Waals surface area contributed by atoms with Crippen molar-refractivity contribution in [1.82, 2.24) is 0 Å². The summed E-state index contributed by atoms with van der Waals surface area (Å²) in [6.07, 6.45) is 2.27. The van der Waals surface area contributed by atoms with E-state index < -0.39 is 0 Å². The van der Waals surface area contributed by atoms with Gasteiger partial charge in [-0.15, -0.1) is 6.58 Å². The fourth-order valence-corrected chi connectivity index (χ4v) is 1.28. The minimum atomic E-state index is -0.248. The molecule has 0 spiro atoms. The first-order valence-electron chi connectivity index (χ1n) is 4.52. The van der Waals surface area contributed by atoms with Crippen LogP contribution in [0.3, 0.4) is 0 Å². The van der Waals surface area contributed by atoms with Gasteiger partial charge in [-0.2, -0.15) is 0 Å². The Labute approximate surface area is 84.2 Å². The number of hydrogen-bond donors (Lipinski definition) is 0. The fourth-order valence-electron chi connectivity index (χ4n) is 1.28. The molecule has 1 rings (SSSR count). The average Bonchev–Trinajstić information content (AvgIpc) is 2.26. The maximum atomic E-state index is 11.3. The molecular formula is C12H14O2. The molecule has 0 saturated heterocycles. The van der Waals surface area contributed by atoms with Gasteiger partial charge in [0, 0.05) is 0 Å². The highest BCUT2D eigenvalue weighted by Crippen LogP contribution is 2.10. The lowest BCUT2D eigenvalue weighted by Gasteiger charge is -2.09. The predicted molar refractivity (Wildman–Crippen MR) is 55.8 cm³/mol. The molecule has 0 aliphatic rings. The number of hydrogen-bond acceptors (Lipinski definition) is 2. The number of methoxy groups -OCH3 is 1. The van der Waals surface area contributed by atoms with E-state index in [1.165, 1.54) is 7.11 Å². The Morgan fingerprint density at radius 2 is 2.14 bits per heavy atom. The maximum Gasteiger partial charge on any atom is 0.312 e. The molecule has 1 unspecified atom stereocenters. The monoisotopic (exact) mass is 190 g/mol. The van der Waals surface area contributed by atoms with Gasteiger partial charge < -0.3 is 4.74 Å². The van der Waals surface area contributed by atoms with Gasteiger partial charge in [-0.3, -0.25) is 4.79 Å². The van der Waals surface area contributed by atoms with Gasteiger partial charge in [0.1, 0.15) is 0 Å². The van der Waals surface area contributed by atoms with Crippen LogP contribution in [0, 0.1) is 5.92 Å². The van der Waals surface area contributed by atoms with Crippen molar-refractivity contribution in [2.45, 2.75) is 6.42 Å². The molecule has 1 aromatic carbocycles. The third kappa shape index (κ3) is 2.73. The zero-order chi connectivity index (χ0) is 10.4. The lowest BCUT2D eigenvalue weighted by molar-refractivity contribution is -0.143. The van der Waals surface area contributed by atoms with Crippen LogP contribution in [0.5, 0.6) is 0 Å². The van der Waals surface area contributed by atoms with Crippen molar-refractivity contribution < 1.29 is 9.53 Å². The SMILES string of the molecule is C=CC(Cc1ccccc1)C(=O)OC. The number of carbonyl (C=O) groups is 1. The van der Waals surface area contributed by atoms with Gasteiger partial charge in [-0.1, -0.05) is 36.4 Å². The van der Waals surface area contributed by atoms with E-state index in [1.54, 1.807) is 6.08 Å². The summed E-state index contributed by atoms with van der Waals surface area (Å²) in [5, 5.41) is 0. The molecule has 0 aliphatic heterocycles. The maximum absolute atomic E-state index is 11.3. The van der Waals surface area contributed by atoms with Gasteiger partial charge in [-0.05, 0) is 12.0 Å². The highest BCUT2D eigenvalue weighted by molar-refractivity contribution is 5.74. The van der Waals surface area contributed by atoms with Crippen LogP contribution < -0.4 is 0 Å². The minimum Gasteiger partial charge on any atom is -0.469 e. The molecule has 0 aromatic heterocycles. The van der Waals surface area contributed by atoms with E-state index in [4.69, 9.17) is 0 Å². The third-order valence-corrected chi connectivity index (χ3v) is 2.09. The zero-order valence-corrected chi connectivity index (χ0v) is 8.27. The molecule has 14 heavy (non-hydrogen) atoms. The van der Waals surface area contributed by atoms with Gasteiger partial charge in [0.2, 0.25) is 0 Å². The molecule has 74 valence electrons. The topological polar surface area (TPSA) is 26.3 Å². The molecule has 0 saturated carbocycles. The summed E-state index contributed by atoms with van der Waals surface area (Å²) in [7, 11) is 1.39. The molecule has 0 amide bonds. The van der Waals surface area contributed by atoms with Crippen LogP contribution in [0.2, 0.25) is 0 Å². The predicted octanol–water partition coefficient (Wildman–Crippen LogP) is 2.20. The highest BCUT2D eigenvalue weighted by Gasteiger charge is 2.15. The van der Waals surface area contributed by atoms with Crippen molar-refractivity contribution in [3.05, 3.63) is 48.6 Å². The van der Waals surface area contributed by atoms with Crippen LogP contribution in [-0.4, -0.2) is 13.1 Å². The number of ether oxygens (including phenoxy) is 1. The summed E-state index contributed by atoms with van der Waals surface area (Å²) in [6, 6.07) is 9.82. The van der Waals surface area contributed by atoms with E-state index in [-0.39, 0.29) is 11.9 Å². The summed E-state index contributed by atoms with van der Waals surface area (Å²) >= 11 is 0. The van der Waals surface area contributed by atoms with Gasteiger partial charge in [-0.25, -0.2) is 0 Å². The van der Waals surface area contributed by atoms with Crippen LogP contribution in [0.1, 0.15) is 5.56 Å². The van der Waals surface area contributed by atoms with Crippen LogP contribution in [0.4, 0.5) is 0 Å². The zero-order valence-electron chi connectivity index (χ0n) is 8.27. The average molecular weight is 190 g/mol. The standard InChI is InChI=1S/C12H14O2/c1-3-11(12(13)14-2)9-10-7-5-4-6-8-10/h3-8,11H,1,9H2,2H3. The van der Waals surface area contributed by atoms with E-state index in [0.29, 0.717) is 6.42 Å². The van der Waals surface area contributed by atoms with Crippen LogP contribution >= 0.6 is 0 Å². The van der Waals surface area contributed by atoms with E-state index in [9.17, 15) is 4.79 Å². The number of esters is 1. The normalized spacial score (nSPS) is 11.8. The first-order chi connectivity index (χ1) is 6.77. The van der Waals surface area contributed by atoms with E-state index in [1.807, 2.05) is 30.3 Å². The molecular weight excluding hydrogens is 176 g/mol. The minimum absolute atomic E-state index is 0.233. The molecule has 1 aromatic rings. The van der Waals surface area contributed by atoms with E-state index in [0.717, 1.165) is 5.56 Å². The largest absolute Gasteiger partial charge is 0.469 e. The second kappa shape index (κ2) is 5.22. The summed E-state index contributed by atoms with van der Waals surface area (Å²) in [4.78, 5) is 11.3. The smallest absolute Gasteiger partial charge is 0.312 e. The molecule has 2 nitrogen and oxygen atoms in total. The van der Waals surface area contributed by atoms with Gasteiger partial charge >= 0.3 is 5.97 Å². The van der Waals surface area contributed by atoms with Crippen molar-refractivity contribution in [3.8, 4) is 0 Å². The van der Waals surface area contributed by atoms with Gasteiger partial charge in [0.25, 0.3) is 0 Å². The lowest BCUT2D eigenvalue weighted by atomic mass is 10.00. The fraction of sp³-hybridized carbons (Fsp3) is 0.250. The first-order valence-corrected chi connectivity index (χ1v) is 4.52. The molecule has 0 heterocycles. The summed E-state index contributed by atoms with van der Waals surface area (Å²) in [6.45, 7) is 3.63.